The van der Waals surface area contributed by atoms with Crippen LogP contribution in [0.2, 0.25) is 0 Å². The van der Waals surface area contributed by atoms with Crippen molar-refractivity contribution in [2.45, 2.75) is 38.3 Å². The van der Waals surface area contributed by atoms with E-state index in [0.717, 1.165) is 21.6 Å². The predicted octanol–water partition coefficient (Wildman–Crippen LogP) is 3.21. The molecule has 1 aromatic heterocycles. The predicted molar refractivity (Wildman–Crippen MR) is 138 cm³/mol. The third-order valence-electron chi connectivity index (χ3n) is 6.70. The number of carbonyl (C=O) groups excluding carboxylic acids is 5. The Morgan fingerprint density at radius 3 is 2.47 bits per heavy atom. The van der Waals surface area contributed by atoms with Gasteiger partial charge in [-0.05, 0) is 67.3 Å². The Morgan fingerprint density at radius 1 is 0.974 bits per heavy atom. The number of fused-ring (bicyclic) bond motifs is 1. The summed E-state index contributed by atoms with van der Waals surface area (Å²) in [6.07, 6.45) is 3.59. The number of hydrogen-bond donors (Lipinski definition) is 3. The zero-order chi connectivity index (χ0) is 27.0. The second-order valence-electron chi connectivity index (χ2n) is 9.73. The summed E-state index contributed by atoms with van der Waals surface area (Å²) in [5.41, 5.74) is 2.59. The number of benzene rings is 2. The van der Waals surface area contributed by atoms with Gasteiger partial charge in [0.1, 0.15) is 6.04 Å². The summed E-state index contributed by atoms with van der Waals surface area (Å²) in [4.78, 5) is 67.6. The molecular formula is C28H25N5O5. The summed E-state index contributed by atoms with van der Waals surface area (Å²) in [6.45, 7) is 3.75. The molecule has 0 saturated carbocycles. The highest BCUT2D eigenvalue weighted by molar-refractivity contribution is 6.23. The van der Waals surface area contributed by atoms with E-state index in [-0.39, 0.29) is 24.0 Å². The minimum atomic E-state index is -1.05. The normalized spacial score (nSPS) is 17.2. The van der Waals surface area contributed by atoms with E-state index in [1.165, 1.54) is 18.2 Å². The molecule has 192 valence electrons. The van der Waals surface area contributed by atoms with Crippen molar-refractivity contribution in [1.82, 2.24) is 20.5 Å². The van der Waals surface area contributed by atoms with Crippen molar-refractivity contribution in [1.29, 1.82) is 0 Å². The van der Waals surface area contributed by atoms with Crippen molar-refractivity contribution in [3.63, 3.8) is 0 Å². The number of hydrogen-bond acceptors (Lipinski definition) is 6. The lowest BCUT2D eigenvalue weighted by Gasteiger charge is -2.27. The summed E-state index contributed by atoms with van der Waals surface area (Å²) < 4.78 is 0. The molecule has 10 nitrogen and oxygen atoms in total. The second-order valence-corrected chi connectivity index (χ2v) is 9.73. The fourth-order valence-corrected chi connectivity index (χ4v) is 4.69. The van der Waals surface area contributed by atoms with Gasteiger partial charge < -0.3 is 10.6 Å². The van der Waals surface area contributed by atoms with E-state index in [2.05, 4.69) is 20.9 Å². The first-order chi connectivity index (χ1) is 18.1. The third-order valence-corrected chi connectivity index (χ3v) is 6.70. The Balaban J connectivity index is 1.30. The van der Waals surface area contributed by atoms with Crippen LogP contribution in [-0.2, 0) is 15.1 Å². The van der Waals surface area contributed by atoms with E-state index < -0.39 is 41.2 Å². The lowest BCUT2D eigenvalue weighted by molar-refractivity contribution is -0.136. The quantitative estimate of drug-likeness (QED) is 0.450. The number of amides is 6. The van der Waals surface area contributed by atoms with Crippen LogP contribution in [0.15, 0.2) is 67.0 Å². The van der Waals surface area contributed by atoms with Gasteiger partial charge in [0.05, 0.1) is 16.7 Å². The molecule has 0 aliphatic carbocycles. The molecule has 0 bridgehead atoms. The first kappa shape index (κ1) is 24.8. The highest BCUT2D eigenvalue weighted by Crippen LogP contribution is 2.30. The van der Waals surface area contributed by atoms with Crippen LogP contribution in [0.25, 0.3) is 11.1 Å². The molecule has 1 fully saturated rings. The second kappa shape index (κ2) is 9.55. The highest BCUT2D eigenvalue weighted by atomic mass is 16.2. The highest BCUT2D eigenvalue weighted by Gasteiger charge is 2.44. The number of imide groups is 2. The zero-order valence-electron chi connectivity index (χ0n) is 20.8. The summed E-state index contributed by atoms with van der Waals surface area (Å²) in [5.74, 6) is -2.36. The van der Waals surface area contributed by atoms with Crippen LogP contribution in [-0.4, -0.2) is 45.6 Å². The summed E-state index contributed by atoms with van der Waals surface area (Å²) in [6, 6.07) is 14.4. The fraction of sp³-hybridized carbons (Fsp3) is 0.214. The average Bonchev–Trinajstić information content (AvgIpc) is 3.13. The average molecular weight is 512 g/mol. The Hall–Kier alpha value is -4.86. The number of anilines is 1. The first-order valence-electron chi connectivity index (χ1n) is 12.1. The standard InChI is InChI=1S/C28H25N5O5/c1-28(2,18-7-3-5-16(13-18)17-6-4-12-29-15-17)32-27(38)30-19-8-9-20-21(14-19)26(37)33(25(20)36)22-10-11-23(34)31-24(22)35/h3-9,12-15,22H,10-11H2,1-2H3,(H2,30,32,38)(H,31,34,35). The van der Waals surface area contributed by atoms with E-state index in [4.69, 9.17) is 0 Å². The molecule has 6 amide bonds. The van der Waals surface area contributed by atoms with Gasteiger partial charge in [-0.3, -0.25) is 34.4 Å². The fourth-order valence-electron chi connectivity index (χ4n) is 4.69. The minimum Gasteiger partial charge on any atom is -0.329 e. The topological polar surface area (TPSA) is 138 Å². The van der Waals surface area contributed by atoms with Crippen LogP contribution in [0.4, 0.5) is 10.5 Å². The smallest absolute Gasteiger partial charge is 0.319 e. The van der Waals surface area contributed by atoms with E-state index in [0.29, 0.717) is 5.69 Å². The van der Waals surface area contributed by atoms with Crippen LogP contribution in [0.5, 0.6) is 0 Å². The van der Waals surface area contributed by atoms with Crippen molar-refractivity contribution >= 4 is 35.3 Å². The van der Waals surface area contributed by atoms with Gasteiger partial charge in [-0.25, -0.2) is 4.79 Å². The van der Waals surface area contributed by atoms with Gasteiger partial charge in [-0.2, -0.15) is 0 Å². The summed E-state index contributed by atoms with van der Waals surface area (Å²) in [5, 5.41) is 7.83. The van der Waals surface area contributed by atoms with Crippen molar-refractivity contribution in [3.05, 3.63) is 83.7 Å². The Kier molecular flexibility index (Phi) is 6.23. The summed E-state index contributed by atoms with van der Waals surface area (Å²) >= 11 is 0. The summed E-state index contributed by atoms with van der Waals surface area (Å²) in [7, 11) is 0. The van der Waals surface area contributed by atoms with Crippen LogP contribution in [0.3, 0.4) is 0 Å². The van der Waals surface area contributed by atoms with Crippen molar-refractivity contribution in [2.24, 2.45) is 0 Å². The molecule has 3 N–H and O–H groups in total. The molecule has 1 unspecified atom stereocenters. The SMILES string of the molecule is CC(C)(NC(=O)Nc1ccc2c(c1)C(=O)N(C1CCC(=O)NC1=O)C2=O)c1cccc(-c2cccnc2)c1. The maximum Gasteiger partial charge on any atom is 0.319 e. The van der Waals surface area contributed by atoms with Crippen LogP contribution in [0, 0.1) is 0 Å². The largest absolute Gasteiger partial charge is 0.329 e. The Bertz CT molecular complexity index is 1480. The molecule has 38 heavy (non-hydrogen) atoms. The molecule has 3 heterocycles. The molecule has 0 spiro atoms. The van der Waals surface area contributed by atoms with Crippen molar-refractivity contribution in [3.8, 4) is 11.1 Å². The van der Waals surface area contributed by atoms with Gasteiger partial charge in [-0.1, -0.05) is 24.3 Å². The maximum atomic E-state index is 13.0. The number of aromatic nitrogens is 1. The van der Waals surface area contributed by atoms with E-state index in [1.54, 1.807) is 12.4 Å². The van der Waals surface area contributed by atoms with Crippen molar-refractivity contribution in [2.75, 3.05) is 5.32 Å². The molecule has 1 atom stereocenters. The van der Waals surface area contributed by atoms with Gasteiger partial charge in [0.2, 0.25) is 11.8 Å². The molecule has 2 aromatic carbocycles. The molecule has 2 aliphatic heterocycles. The van der Waals surface area contributed by atoms with Gasteiger partial charge in [-0.15, -0.1) is 0 Å². The van der Waals surface area contributed by atoms with E-state index in [9.17, 15) is 24.0 Å². The van der Waals surface area contributed by atoms with E-state index >= 15 is 0 Å². The van der Waals surface area contributed by atoms with Gasteiger partial charge in [0, 0.05) is 24.5 Å². The van der Waals surface area contributed by atoms with Gasteiger partial charge in [0.25, 0.3) is 11.8 Å². The lowest BCUT2D eigenvalue weighted by Crippen LogP contribution is -2.54. The Labute approximate surface area is 218 Å². The minimum absolute atomic E-state index is 0.0394. The molecule has 2 aliphatic rings. The van der Waals surface area contributed by atoms with Gasteiger partial charge >= 0.3 is 6.03 Å². The monoisotopic (exact) mass is 511 g/mol. The lowest BCUT2D eigenvalue weighted by atomic mass is 9.91. The van der Waals surface area contributed by atoms with Crippen LogP contribution in [0.1, 0.15) is 53.0 Å². The third kappa shape index (κ3) is 4.63. The number of rotatable bonds is 5. The number of nitrogens with one attached hydrogen (secondary N) is 3. The molecule has 10 heteroatoms. The molecule has 1 saturated heterocycles. The van der Waals surface area contributed by atoms with Crippen molar-refractivity contribution < 1.29 is 24.0 Å². The molecule has 5 rings (SSSR count). The number of pyridine rings is 1. The van der Waals surface area contributed by atoms with E-state index in [1.807, 2.05) is 50.2 Å². The van der Waals surface area contributed by atoms with Gasteiger partial charge in [0.15, 0.2) is 0 Å². The Morgan fingerprint density at radius 2 is 1.74 bits per heavy atom. The maximum absolute atomic E-state index is 13.0. The van der Waals surface area contributed by atoms with Crippen LogP contribution >= 0.6 is 0 Å². The number of nitrogens with zero attached hydrogens (tertiary/aromatic N) is 2. The molecule has 3 aromatic rings. The molecular weight excluding hydrogens is 486 g/mol. The molecule has 0 radical (unpaired) electrons. The zero-order valence-corrected chi connectivity index (χ0v) is 20.8. The van der Waals surface area contributed by atoms with Crippen LogP contribution < -0.4 is 16.0 Å². The number of carbonyl (C=O) groups is 5. The number of piperidine rings is 1. The number of urea groups is 1. The first-order valence-corrected chi connectivity index (χ1v) is 12.1.